The summed E-state index contributed by atoms with van der Waals surface area (Å²) < 4.78 is 0. The van der Waals surface area contributed by atoms with Crippen molar-refractivity contribution in [3.63, 3.8) is 0 Å². The monoisotopic (exact) mass is 260 g/mol. The summed E-state index contributed by atoms with van der Waals surface area (Å²) in [6.45, 7) is 0. The van der Waals surface area contributed by atoms with Gasteiger partial charge in [-0.1, -0.05) is 48.5 Å². The van der Waals surface area contributed by atoms with E-state index in [0.29, 0.717) is 0 Å². The largest absolute Gasteiger partial charge is 0.399 e. The Morgan fingerprint density at radius 2 is 1.35 bits per heavy atom. The highest BCUT2D eigenvalue weighted by Gasteiger charge is 2.17. The van der Waals surface area contributed by atoms with E-state index in [2.05, 4.69) is 47.4 Å². The minimum absolute atomic E-state index is 0.137. The van der Waals surface area contributed by atoms with Crippen molar-refractivity contribution in [2.75, 3.05) is 5.73 Å². The molecule has 0 spiro atoms. The third-order valence-electron chi connectivity index (χ3n) is 3.39. The second-order valence-corrected chi connectivity index (χ2v) is 4.76. The topological polar surface area (TPSA) is 38.9 Å². The van der Waals surface area contributed by atoms with Gasteiger partial charge in [0.15, 0.2) is 0 Å². The summed E-state index contributed by atoms with van der Waals surface area (Å²) >= 11 is 0. The summed E-state index contributed by atoms with van der Waals surface area (Å²) in [5.41, 5.74) is 10.0. The van der Waals surface area contributed by atoms with Gasteiger partial charge in [0.1, 0.15) is 0 Å². The molecule has 0 fully saturated rings. The van der Waals surface area contributed by atoms with E-state index in [1.165, 1.54) is 11.1 Å². The summed E-state index contributed by atoms with van der Waals surface area (Å²) in [6.07, 6.45) is 1.84. The van der Waals surface area contributed by atoms with Crippen LogP contribution in [0.4, 0.5) is 5.69 Å². The highest BCUT2D eigenvalue weighted by molar-refractivity contribution is 5.46. The zero-order valence-corrected chi connectivity index (χ0v) is 11.1. The Hall–Kier alpha value is -2.61. The van der Waals surface area contributed by atoms with E-state index in [1.54, 1.807) is 0 Å². The van der Waals surface area contributed by atoms with Gasteiger partial charge in [-0.05, 0) is 35.4 Å². The quantitative estimate of drug-likeness (QED) is 0.727. The van der Waals surface area contributed by atoms with Crippen LogP contribution in [0.25, 0.3) is 0 Å². The van der Waals surface area contributed by atoms with Crippen molar-refractivity contribution in [3.8, 4) is 0 Å². The normalized spacial score (nSPS) is 12.0. The molecule has 98 valence electrons. The molecule has 2 nitrogen and oxygen atoms in total. The molecule has 1 heterocycles. The van der Waals surface area contributed by atoms with Gasteiger partial charge in [-0.3, -0.25) is 4.98 Å². The molecule has 20 heavy (non-hydrogen) atoms. The van der Waals surface area contributed by atoms with Crippen LogP contribution in [0, 0.1) is 0 Å². The predicted molar refractivity (Wildman–Crippen MR) is 82.5 cm³/mol. The Balaban J connectivity index is 2.11. The Kier molecular flexibility index (Phi) is 3.46. The fourth-order valence-electron chi connectivity index (χ4n) is 2.41. The van der Waals surface area contributed by atoms with Gasteiger partial charge in [0.25, 0.3) is 0 Å². The van der Waals surface area contributed by atoms with Crippen LogP contribution >= 0.6 is 0 Å². The van der Waals surface area contributed by atoms with E-state index in [9.17, 15) is 0 Å². The molecule has 0 aliphatic carbocycles. The number of aromatic nitrogens is 1. The van der Waals surface area contributed by atoms with Gasteiger partial charge in [-0.2, -0.15) is 0 Å². The zero-order chi connectivity index (χ0) is 13.8. The lowest BCUT2D eigenvalue weighted by atomic mass is 9.88. The van der Waals surface area contributed by atoms with Gasteiger partial charge in [-0.15, -0.1) is 0 Å². The zero-order valence-electron chi connectivity index (χ0n) is 11.1. The Labute approximate surface area is 118 Å². The Morgan fingerprint density at radius 1 is 0.700 bits per heavy atom. The Bertz CT molecular complexity index is 621. The fourth-order valence-corrected chi connectivity index (χ4v) is 2.41. The molecule has 0 bridgehead atoms. The van der Waals surface area contributed by atoms with Crippen molar-refractivity contribution in [3.05, 3.63) is 95.8 Å². The van der Waals surface area contributed by atoms with Crippen LogP contribution in [-0.4, -0.2) is 4.98 Å². The summed E-state index contributed by atoms with van der Waals surface area (Å²) in [5.74, 6) is 0.137. The molecule has 2 heteroatoms. The highest BCUT2D eigenvalue weighted by Crippen LogP contribution is 2.30. The Morgan fingerprint density at radius 3 is 2.00 bits per heavy atom. The maximum absolute atomic E-state index is 5.79. The van der Waals surface area contributed by atoms with Crippen LogP contribution in [0.5, 0.6) is 0 Å². The van der Waals surface area contributed by atoms with Crippen molar-refractivity contribution in [2.45, 2.75) is 5.92 Å². The number of hydrogen-bond donors (Lipinski definition) is 1. The number of nitrogen functional groups attached to an aromatic ring is 1. The molecule has 0 amide bonds. The molecule has 0 saturated heterocycles. The van der Waals surface area contributed by atoms with Crippen molar-refractivity contribution in [1.29, 1.82) is 0 Å². The molecular weight excluding hydrogens is 244 g/mol. The number of hydrogen-bond acceptors (Lipinski definition) is 2. The van der Waals surface area contributed by atoms with Crippen LogP contribution < -0.4 is 5.73 Å². The van der Waals surface area contributed by atoms with E-state index in [0.717, 1.165) is 11.4 Å². The minimum atomic E-state index is 0.137. The molecule has 0 saturated carbocycles. The van der Waals surface area contributed by atoms with Crippen LogP contribution in [0.1, 0.15) is 22.7 Å². The van der Waals surface area contributed by atoms with Gasteiger partial charge >= 0.3 is 0 Å². The van der Waals surface area contributed by atoms with E-state index >= 15 is 0 Å². The molecule has 3 rings (SSSR count). The third-order valence-corrected chi connectivity index (χ3v) is 3.39. The van der Waals surface area contributed by atoms with Crippen LogP contribution in [0.2, 0.25) is 0 Å². The number of nitrogens with zero attached hydrogens (tertiary/aromatic N) is 1. The number of rotatable bonds is 3. The van der Waals surface area contributed by atoms with Gasteiger partial charge in [0.05, 0.1) is 11.6 Å². The molecule has 2 N–H and O–H groups in total. The molecule has 1 unspecified atom stereocenters. The number of anilines is 1. The van der Waals surface area contributed by atoms with Crippen LogP contribution in [0.15, 0.2) is 79.0 Å². The lowest BCUT2D eigenvalue weighted by Gasteiger charge is -2.17. The number of benzene rings is 2. The maximum Gasteiger partial charge on any atom is 0.0522 e. The average Bonchev–Trinajstić information content (AvgIpc) is 2.52. The molecule has 0 radical (unpaired) electrons. The van der Waals surface area contributed by atoms with Crippen molar-refractivity contribution in [1.82, 2.24) is 4.98 Å². The first-order chi connectivity index (χ1) is 9.84. The van der Waals surface area contributed by atoms with E-state index in [1.807, 2.05) is 36.5 Å². The highest BCUT2D eigenvalue weighted by atomic mass is 14.7. The maximum atomic E-state index is 5.79. The van der Waals surface area contributed by atoms with Gasteiger partial charge in [0.2, 0.25) is 0 Å². The summed E-state index contributed by atoms with van der Waals surface area (Å²) in [7, 11) is 0. The van der Waals surface area contributed by atoms with Gasteiger partial charge < -0.3 is 5.73 Å². The smallest absolute Gasteiger partial charge is 0.0522 e. The predicted octanol–water partition coefficient (Wildman–Crippen LogP) is 3.84. The lowest BCUT2D eigenvalue weighted by Crippen LogP contribution is -2.05. The van der Waals surface area contributed by atoms with Crippen LogP contribution in [-0.2, 0) is 0 Å². The van der Waals surface area contributed by atoms with E-state index in [-0.39, 0.29) is 5.92 Å². The second kappa shape index (κ2) is 5.57. The molecule has 0 aliphatic rings. The first-order valence-corrected chi connectivity index (χ1v) is 6.66. The molecular formula is C18H16N2. The molecule has 1 aromatic heterocycles. The van der Waals surface area contributed by atoms with Crippen LogP contribution in [0.3, 0.4) is 0 Å². The molecule has 2 aromatic carbocycles. The molecule has 1 atom stereocenters. The van der Waals surface area contributed by atoms with Gasteiger partial charge in [-0.25, -0.2) is 0 Å². The van der Waals surface area contributed by atoms with E-state index in [4.69, 9.17) is 5.73 Å². The number of pyridine rings is 1. The van der Waals surface area contributed by atoms with Gasteiger partial charge in [0, 0.05) is 11.9 Å². The average molecular weight is 260 g/mol. The molecule has 3 aromatic rings. The third kappa shape index (κ3) is 2.54. The first-order valence-electron chi connectivity index (χ1n) is 6.66. The standard InChI is InChI=1S/C18H16N2/c19-16-11-9-15(10-12-16)18(14-6-2-1-3-7-14)17-8-4-5-13-20-17/h1-13,18H,19H2. The van der Waals surface area contributed by atoms with E-state index < -0.39 is 0 Å². The summed E-state index contributed by atoms with van der Waals surface area (Å²) in [5, 5.41) is 0. The van der Waals surface area contributed by atoms with Crippen molar-refractivity contribution >= 4 is 5.69 Å². The molecule has 0 aliphatic heterocycles. The van der Waals surface area contributed by atoms with Crippen molar-refractivity contribution in [2.24, 2.45) is 0 Å². The second-order valence-electron chi connectivity index (χ2n) is 4.76. The minimum Gasteiger partial charge on any atom is -0.399 e. The summed E-state index contributed by atoms with van der Waals surface area (Å²) in [6, 6.07) is 24.5. The lowest BCUT2D eigenvalue weighted by molar-refractivity contribution is 0.919. The first kappa shape index (κ1) is 12.4. The SMILES string of the molecule is Nc1ccc(C(c2ccccc2)c2ccccn2)cc1. The fraction of sp³-hybridized carbons (Fsp3) is 0.0556. The number of nitrogens with two attached hydrogens (primary N) is 1. The van der Waals surface area contributed by atoms with Crippen molar-refractivity contribution < 1.29 is 0 Å². The summed E-state index contributed by atoms with van der Waals surface area (Å²) in [4.78, 5) is 4.52.